The number of ether oxygens (including phenoxy) is 1. The Morgan fingerprint density at radius 3 is 2.68 bits per heavy atom. The van der Waals surface area contributed by atoms with E-state index in [-0.39, 0.29) is 21.7 Å². The van der Waals surface area contributed by atoms with Gasteiger partial charge in [-0.2, -0.15) is 4.98 Å². The van der Waals surface area contributed by atoms with Gasteiger partial charge in [0.25, 0.3) is 10.0 Å². The lowest BCUT2D eigenvalue weighted by molar-refractivity contribution is 0.193. The van der Waals surface area contributed by atoms with Gasteiger partial charge >= 0.3 is 6.09 Å². The van der Waals surface area contributed by atoms with Crippen LogP contribution in [0.4, 0.5) is 10.7 Å². The third kappa shape index (κ3) is 5.70. The topological polar surface area (TPSA) is 122 Å². The fourth-order valence-corrected chi connectivity index (χ4v) is 3.83. The fraction of sp³-hybridized carbons (Fsp3) is 0.353. The Morgan fingerprint density at radius 1 is 1.29 bits per heavy atom. The van der Waals surface area contributed by atoms with E-state index in [0.717, 1.165) is 4.31 Å². The van der Waals surface area contributed by atoms with Gasteiger partial charge in [0, 0.05) is 25.4 Å². The molecule has 0 aliphatic carbocycles. The van der Waals surface area contributed by atoms with Crippen molar-refractivity contribution in [3.63, 3.8) is 0 Å². The summed E-state index contributed by atoms with van der Waals surface area (Å²) in [4.78, 5) is 18.7. The van der Waals surface area contributed by atoms with E-state index in [0.29, 0.717) is 31.7 Å². The molecule has 0 saturated carbocycles. The molecule has 9 nitrogen and oxygen atoms in total. The minimum atomic E-state index is -3.94. The van der Waals surface area contributed by atoms with Gasteiger partial charge in [0.2, 0.25) is 11.8 Å². The van der Waals surface area contributed by atoms with Crippen molar-refractivity contribution in [2.24, 2.45) is 0 Å². The van der Waals surface area contributed by atoms with E-state index in [1.54, 1.807) is 25.1 Å². The standard InChI is InChI=1S/C17H21ClN4O5S/c1-12-11-15(27-10-6-5-9-19-17(23)24)21-16(20-12)22(2)28(25,26)14-8-4-3-7-13(14)18/h3-4,7-8,11,19H,5-6,9-10H2,1-2H3,(H,23,24). The molecule has 28 heavy (non-hydrogen) atoms. The molecule has 0 radical (unpaired) electrons. The van der Waals surface area contributed by atoms with Crippen molar-refractivity contribution in [2.45, 2.75) is 24.7 Å². The van der Waals surface area contributed by atoms with E-state index in [4.69, 9.17) is 21.4 Å². The Bertz CT molecular complexity index is 939. The minimum Gasteiger partial charge on any atom is -0.478 e. The lowest BCUT2D eigenvalue weighted by Gasteiger charge is -2.19. The van der Waals surface area contributed by atoms with Crippen LogP contribution in [0.25, 0.3) is 0 Å². The van der Waals surface area contributed by atoms with Crippen LogP contribution in [0, 0.1) is 6.92 Å². The van der Waals surface area contributed by atoms with Crippen LogP contribution in [-0.4, -0.2) is 49.8 Å². The Morgan fingerprint density at radius 2 is 2.00 bits per heavy atom. The number of sulfonamides is 1. The molecule has 0 aliphatic heterocycles. The molecule has 2 aromatic rings. The minimum absolute atomic E-state index is 0.0394. The van der Waals surface area contributed by atoms with Crippen LogP contribution >= 0.6 is 11.6 Å². The SMILES string of the molecule is Cc1cc(OCCCCNC(=O)O)nc(N(C)S(=O)(=O)c2ccccc2Cl)n1. The first-order chi connectivity index (χ1) is 13.2. The lowest BCUT2D eigenvalue weighted by Crippen LogP contribution is -2.28. The molecule has 0 aliphatic rings. The maximum absolute atomic E-state index is 12.8. The number of carboxylic acid groups (broad SMARTS) is 1. The van der Waals surface area contributed by atoms with Crippen molar-refractivity contribution in [3.8, 4) is 5.88 Å². The Kier molecular flexibility index (Phi) is 7.41. The number of nitrogens with one attached hydrogen (secondary N) is 1. The number of amides is 1. The van der Waals surface area contributed by atoms with Gasteiger partial charge in [0.05, 0.1) is 11.6 Å². The van der Waals surface area contributed by atoms with Crippen LogP contribution in [0.15, 0.2) is 35.2 Å². The summed E-state index contributed by atoms with van der Waals surface area (Å²) in [6.07, 6.45) is 0.135. The van der Waals surface area contributed by atoms with Crippen LogP contribution in [0.3, 0.4) is 0 Å². The van der Waals surface area contributed by atoms with Crippen molar-refractivity contribution in [2.75, 3.05) is 24.5 Å². The Balaban J connectivity index is 2.09. The molecular weight excluding hydrogens is 408 g/mol. The van der Waals surface area contributed by atoms with Gasteiger partial charge in [0.1, 0.15) is 4.90 Å². The molecule has 0 unspecified atom stereocenters. The predicted octanol–water partition coefficient (Wildman–Crippen LogP) is 2.69. The van der Waals surface area contributed by atoms with E-state index in [1.807, 2.05) is 0 Å². The van der Waals surface area contributed by atoms with E-state index < -0.39 is 16.1 Å². The maximum Gasteiger partial charge on any atom is 0.404 e. The number of carbonyl (C=O) groups is 1. The first-order valence-electron chi connectivity index (χ1n) is 8.40. The highest BCUT2D eigenvalue weighted by molar-refractivity contribution is 7.92. The highest BCUT2D eigenvalue weighted by Crippen LogP contribution is 2.26. The van der Waals surface area contributed by atoms with Gasteiger partial charge < -0.3 is 15.2 Å². The van der Waals surface area contributed by atoms with Gasteiger partial charge in [-0.25, -0.2) is 22.5 Å². The molecule has 0 saturated heterocycles. The van der Waals surface area contributed by atoms with Crippen LogP contribution in [0.5, 0.6) is 5.88 Å². The zero-order chi connectivity index (χ0) is 20.7. The van der Waals surface area contributed by atoms with Gasteiger partial charge in [-0.3, -0.25) is 0 Å². The van der Waals surface area contributed by atoms with Crippen LogP contribution in [0.1, 0.15) is 18.5 Å². The first-order valence-corrected chi connectivity index (χ1v) is 10.2. The average molecular weight is 429 g/mol. The van der Waals surface area contributed by atoms with Gasteiger partial charge in [-0.15, -0.1) is 0 Å². The van der Waals surface area contributed by atoms with Crippen molar-refractivity contribution < 1.29 is 23.1 Å². The number of rotatable bonds is 9. The molecule has 0 spiro atoms. The van der Waals surface area contributed by atoms with E-state index in [2.05, 4.69) is 15.3 Å². The van der Waals surface area contributed by atoms with Crippen molar-refractivity contribution in [3.05, 3.63) is 41.0 Å². The summed E-state index contributed by atoms with van der Waals surface area (Å²) in [5.74, 6) is 0.192. The number of nitrogens with zero attached hydrogens (tertiary/aromatic N) is 3. The molecular formula is C17H21ClN4O5S. The van der Waals surface area contributed by atoms with Crippen LogP contribution in [0.2, 0.25) is 5.02 Å². The average Bonchev–Trinajstić information content (AvgIpc) is 2.63. The predicted molar refractivity (Wildman–Crippen MR) is 105 cm³/mol. The molecule has 0 atom stereocenters. The summed E-state index contributed by atoms with van der Waals surface area (Å²) in [5.41, 5.74) is 0.536. The number of hydrogen-bond acceptors (Lipinski definition) is 6. The molecule has 1 aromatic heterocycles. The normalized spacial score (nSPS) is 11.1. The molecule has 152 valence electrons. The number of anilines is 1. The molecule has 0 fully saturated rings. The summed E-state index contributed by atoms with van der Waals surface area (Å²) in [7, 11) is -2.60. The quantitative estimate of drug-likeness (QED) is 0.588. The molecule has 11 heteroatoms. The monoisotopic (exact) mass is 428 g/mol. The second kappa shape index (κ2) is 9.56. The Hall–Kier alpha value is -2.59. The van der Waals surface area contributed by atoms with Gasteiger partial charge in [0.15, 0.2) is 0 Å². The summed E-state index contributed by atoms with van der Waals surface area (Å²) in [6, 6.07) is 7.72. The zero-order valence-electron chi connectivity index (χ0n) is 15.4. The molecule has 0 bridgehead atoms. The first kappa shape index (κ1) is 21.7. The fourth-order valence-electron chi connectivity index (χ4n) is 2.25. The van der Waals surface area contributed by atoms with E-state index in [1.165, 1.54) is 19.2 Å². The lowest BCUT2D eigenvalue weighted by atomic mass is 10.3. The summed E-state index contributed by atoms with van der Waals surface area (Å²) in [5, 5.41) is 10.9. The van der Waals surface area contributed by atoms with Crippen molar-refractivity contribution in [1.29, 1.82) is 0 Å². The summed E-state index contributed by atoms with van der Waals surface area (Å²) < 4.78 is 32.2. The number of halogens is 1. The van der Waals surface area contributed by atoms with Gasteiger partial charge in [-0.1, -0.05) is 23.7 Å². The van der Waals surface area contributed by atoms with E-state index >= 15 is 0 Å². The number of unbranched alkanes of at least 4 members (excludes halogenated alkanes) is 1. The summed E-state index contributed by atoms with van der Waals surface area (Å²) in [6.45, 7) is 2.33. The summed E-state index contributed by atoms with van der Waals surface area (Å²) >= 11 is 6.02. The number of hydrogen-bond donors (Lipinski definition) is 2. The largest absolute Gasteiger partial charge is 0.478 e. The van der Waals surface area contributed by atoms with Crippen molar-refractivity contribution in [1.82, 2.24) is 15.3 Å². The molecule has 1 heterocycles. The number of benzene rings is 1. The van der Waals surface area contributed by atoms with Crippen molar-refractivity contribution >= 4 is 33.7 Å². The maximum atomic E-state index is 12.8. The van der Waals surface area contributed by atoms with Gasteiger partial charge in [-0.05, 0) is 31.9 Å². The van der Waals surface area contributed by atoms with Crippen LogP contribution < -0.4 is 14.4 Å². The third-order valence-corrected chi connectivity index (χ3v) is 5.91. The van der Waals surface area contributed by atoms with Crippen LogP contribution in [-0.2, 0) is 10.0 Å². The molecule has 2 rings (SSSR count). The zero-order valence-corrected chi connectivity index (χ0v) is 17.0. The molecule has 1 aromatic carbocycles. The second-order valence-electron chi connectivity index (χ2n) is 5.84. The number of aromatic nitrogens is 2. The number of aryl methyl sites for hydroxylation is 1. The molecule has 1 amide bonds. The van der Waals surface area contributed by atoms with E-state index in [9.17, 15) is 13.2 Å². The Labute approximate surface area is 168 Å². The smallest absolute Gasteiger partial charge is 0.404 e. The highest BCUT2D eigenvalue weighted by Gasteiger charge is 2.26. The third-order valence-electron chi connectivity index (χ3n) is 3.67. The highest BCUT2D eigenvalue weighted by atomic mass is 35.5. The second-order valence-corrected chi connectivity index (χ2v) is 8.18. The molecule has 2 N–H and O–H groups in total.